The number of hydrogen-bond acceptors (Lipinski definition) is 5. The molecule has 0 unspecified atom stereocenters. The molecule has 0 atom stereocenters. The zero-order valence-corrected chi connectivity index (χ0v) is 20.4. The summed E-state index contributed by atoms with van der Waals surface area (Å²) < 4.78 is 3.17. The van der Waals surface area contributed by atoms with Crippen molar-refractivity contribution in [2.24, 2.45) is 5.10 Å². The van der Waals surface area contributed by atoms with E-state index >= 15 is 0 Å². The van der Waals surface area contributed by atoms with Crippen LogP contribution in [0.15, 0.2) is 63.3 Å². The Kier molecular flexibility index (Phi) is 7.76. The normalized spacial score (nSPS) is 14.7. The minimum absolute atomic E-state index is 0.173. The van der Waals surface area contributed by atoms with Gasteiger partial charge in [0.1, 0.15) is 0 Å². The maximum absolute atomic E-state index is 12.4. The molecular formula is C24H26BrN5OS. The molecule has 0 spiro atoms. The second-order valence-electron chi connectivity index (χ2n) is 7.94. The third kappa shape index (κ3) is 5.66. The first kappa shape index (κ1) is 22.7. The molecule has 1 amide bonds. The maximum Gasteiger partial charge on any atom is 0.250 e. The number of aromatic nitrogens is 3. The van der Waals surface area contributed by atoms with Crippen LogP contribution in [0.5, 0.6) is 0 Å². The molecular weight excluding hydrogens is 486 g/mol. The predicted octanol–water partition coefficient (Wildman–Crippen LogP) is 5.76. The Bertz CT molecular complexity index is 1090. The average Bonchev–Trinajstić information content (AvgIpc) is 3.24. The molecule has 6 nitrogen and oxygen atoms in total. The van der Waals surface area contributed by atoms with Crippen LogP contribution < -0.4 is 5.43 Å². The molecule has 1 saturated carbocycles. The molecule has 0 saturated heterocycles. The van der Waals surface area contributed by atoms with Crippen molar-refractivity contribution in [1.82, 2.24) is 20.2 Å². The molecule has 4 rings (SSSR count). The second-order valence-corrected chi connectivity index (χ2v) is 9.73. The van der Waals surface area contributed by atoms with Crippen molar-refractivity contribution in [2.75, 3.05) is 5.75 Å². The van der Waals surface area contributed by atoms with Crippen LogP contribution in [0.1, 0.15) is 49.3 Å². The van der Waals surface area contributed by atoms with Gasteiger partial charge in [-0.3, -0.25) is 9.36 Å². The molecule has 1 aliphatic carbocycles. The van der Waals surface area contributed by atoms with Crippen molar-refractivity contribution in [2.45, 2.75) is 50.2 Å². The zero-order chi connectivity index (χ0) is 22.3. The zero-order valence-electron chi connectivity index (χ0n) is 18.0. The molecule has 8 heteroatoms. The fraction of sp³-hybridized carbons (Fsp3) is 0.333. The van der Waals surface area contributed by atoms with Gasteiger partial charge in [0, 0.05) is 21.6 Å². The van der Waals surface area contributed by atoms with E-state index in [1.807, 2.05) is 24.3 Å². The molecule has 1 aliphatic rings. The van der Waals surface area contributed by atoms with Crippen LogP contribution in [0.25, 0.3) is 11.4 Å². The quantitative estimate of drug-likeness (QED) is 0.248. The molecule has 1 heterocycles. The molecule has 32 heavy (non-hydrogen) atoms. The van der Waals surface area contributed by atoms with Gasteiger partial charge in [-0.1, -0.05) is 95.0 Å². The van der Waals surface area contributed by atoms with Gasteiger partial charge in [0.05, 0.1) is 12.0 Å². The molecule has 0 bridgehead atoms. The molecule has 1 fully saturated rings. The van der Waals surface area contributed by atoms with E-state index in [1.54, 1.807) is 6.21 Å². The van der Waals surface area contributed by atoms with Crippen LogP contribution in [0, 0.1) is 6.92 Å². The first-order valence-electron chi connectivity index (χ1n) is 10.8. The number of halogens is 1. The SMILES string of the molecule is Cc1ccc(-c2nnc(SCC(=O)N/N=C/c3ccccc3Br)n2C2CCCCC2)cc1. The first-order valence-corrected chi connectivity index (χ1v) is 12.6. The van der Waals surface area contributed by atoms with Crippen LogP contribution in [0.2, 0.25) is 0 Å². The number of amides is 1. The van der Waals surface area contributed by atoms with E-state index < -0.39 is 0 Å². The summed E-state index contributed by atoms with van der Waals surface area (Å²) in [5.74, 6) is 0.937. The summed E-state index contributed by atoms with van der Waals surface area (Å²) in [5.41, 5.74) is 5.78. The van der Waals surface area contributed by atoms with E-state index in [9.17, 15) is 4.79 Å². The summed E-state index contributed by atoms with van der Waals surface area (Å²) in [6, 6.07) is 16.5. The summed E-state index contributed by atoms with van der Waals surface area (Å²) in [6.45, 7) is 2.08. The van der Waals surface area contributed by atoms with Gasteiger partial charge in [-0.2, -0.15) is 5.10 Å². The molecule has 0 aliphatic heterocycles. The summed E-state index contributed by atoms with van der Waals surface area (Å²) in [6.07, 6.45) is 7.57. The van der Waals surface area contributed by atoms with Crippen LogP contribution in [0.3, 0.4) is 0 Å². The molecule has 166 valence electrons. The lowest BCUT2D eigenvalue weighted by Crippen LogP contribution is -2.20. The summed E-state index contributed by atoms with van der Waals surface area (Å²) in [4.78, 5) is 12.4. The first-order chi connectivity index (χ1) is 15.6. The van der Waals surface area contributed by atoms with Crippen molar-refractivity contribution >= 4 is 39.8 Å². The van der Waals surface area contributed by atoms with E-state index in [0.717, 1.165) is 39.4 Å². The van der Waals surface area contributed by atoms with Crippen LogP contribution in [0.4, 0.5) is 0 Å². The predicted molar refractivity (Wildman–Crippen MR) is 133 cm³/mol. The highest BCUT2D eigenvalue weighted by Gasteiger charge is 2.24. The Morgan fingerprint density at radius 1 is 1.16 bits per heavy atom. The lowest BCUT2D eigenvalue weighted by Gasteiger charge is -2.25. The van der Waals surface area contributed by atoms with Crippen LogP contribution in [-0.4, -0.2) is 32.6 Å². The summed E-state index contributed by atoms with van der Waals surface area (Å²) in [7, 11) is 0. The monoisotopic (exact) mass is 511 g/mol. The van der Waals surface area contributed by atoms with E-state index in [1.165, 1.54) is 36.6 Å². The van der Waals surface area contributed by atoms with Gasteiger partial charge < -0.3 is 0 Å². The summed E-state index contributed by atoms with van der Waals surface area (Å²) in [5, 5.41) is 13.8. The fourth-order valence-electron chi connectivity index (χ4n) is 3.86. The van der Waals surface area contributed by atoms with E-state index in [2.05, 4.69) is 72.4 Å². The Hall–Kier alpha value is -2.45. The van der Waals surface area contributed by atoms with Gasteiger partial charge in [-0.25, -0.2) is 5.43 Å². The largest absolute Gasteiger partial charge is 0.299 e. The molecule has 1 aromatic heterocycles. The number of nitrogens with one attached hydrogen (secondary N) is 1. The van der Waals surface area contributed by atoms with E-state index in [-0.39, 0.29) is 11.7 Å². The van der Waals surface area contributed by atoms with Gasteiger partial charge in [-0.15, -0.1) is 10.2 Å². The van der Waals surface area contributed by atoms with Crippen molar-refractivity contribution in [3.05, 3.63) is 64.1 Å². The minimum atomic E-state index is -0.173. The summed E-state index contributed by atoms with van der Waals surface area (Å²) >= 11 is 4.88. The maximum atomic E-state index is 12.4. The topological polar surface area (TPSA) is 72.2 Å². The lowest BCUT2D eigenvalue weighted by atomic mass is 9.95. The van der Waals surface area contributed by atoms with Crippen molar-refractivity contribution < 1.29 is 4.79 Å². The number of aryl methyl sites for hydroxylation is 1. The van der Waals surface area contributed by atoms with Crippen LogP contribution in [-0.2, 0) is 4.79 Å². The molecule has 0 radical (unpaired) electrons. The highest BCUT2D eigenvalue weighted by Crippen LogP contribution is 2.35. The number of benzene rings is 2. The van der Waals surface area contributed by atoms with Gasteiger partial charge in [0.25, 0.3) is 5.91 Å². The number of rotatable bonds is 7. The third-order valence-corrected chi connectivity index (χ3v) is 7.21. The molecule has 1 N–H and O–H groups in total. The highest BCUT2D eigenvalue weighted by atomic mass is 79.9. The lowest BCUT2D eigenvalue weighted by molar-refractivity contribution is -0.118. The average molecular weight is 512 g/mol. The number of carbonyl (C=O) groups is 1. The van der Waals surface area contributed by atoms with Gasteiger partial charge in [-0.05, 0) is 25.8 Å². The smallest absolute Gasteiger partial charge is 0.250 e. The standard InChI is InChI=1S/C24H26BrN5OS/c1-17-11-13-18(14-12-17)23-28-29-24(30(23)20-8-3-2-4-9-20)32-16-22(31)27-26-15-19-7-5-6-10-21(19)25/h5-7,10-15,20H,2-4,8-9,16H2,1H3,(H,27,31)/b26-15+. The van der Waals surface area contributed by atoms with E-state index in [4.69, 9.17) is 0 Å². The van der Waals surface area contributed by atoms with Crippen molar-refractivity contribution in [3.63, 3.8) is 0 Å². The number of carbonyl (C=O) groups excluding carboxylic acids is 1. The van der Waals surface area contributed by atoms with Gasteiger partial charge in [0.2, 0.25) is 0 Å². The number of hydrogen-bond donors (Lipinski definition) is 1. The fourth-order valence-corrected chi connectivity index (χ4v) is 5.04. The van der Waals surface area contributed by atoms with Gasteiger partial charge in [0.15, 0.2) is 11.0 Å². The van der Waals surface area contributed by atoms with Crippen molar-refractivity contribution in [3.8, 4) is 11.4 Å². The molecule has 3 aromatic rings. The van der Waals surface area contributed by atoms with Crippen LogP contribution >= 0.6 is 27.7 Å². The highest BCUT2D eigenvalue weighted by molar-refractivity contribution is 9.10. The Labute approximate surface area is 201 Å². The minimum Gasteiger partial charge on any atom is -0.299 e. The number of nitrogens with zero attached hydrogens (tertiary/aromatic N) is 4. The Morgan fingerprint density at radius 3 is 2.66 bits per heavy atom. The Balaban J connectivity index is 1.46. The third-order valence-electron chi connectivity index (χ3n) is 5.54. The number of thioether (sulfide) groups is 1. The van der Waals surface area contributed by atoms with Gasteiger partial charge >= 0.3 is 0 Å². The number of hydrazone groups is 1. The van der Waals surface area contributed by atoms with E-state index in [0.29, 0.717) is 6.04 Å². The second kappa shape index (κ2) is 10.9. The molecule has 2 aromatic carbocycles. The van der Waals surface area contributed by atoms with Crippen molar-refractivity contribution in [1.29, 1.82) is 0 Å². The Morgan fingerprint density at radius 2 is 1.91 bits per heavy atom.